The van der Waals surface area contributed by atoms with Crippen LogP contribution in [0.15, 0.2) is 42.5 Å². The van der Waals surface area contributed by atoms with E-state index >= 15 is 0 Å². The number of benzene rings is 2. The smallest absolute Gasteiger partial charge is 0.324 e. The molecule has 186 valence electrons. The Labute approximate surface area is 202 Å². The highest BCUT2D eigenvalue weighted by atomic mass is 19.1. The molecule has 0 N–H and O–H groups in total. The molecule has 1 saturated carbocycles. The lowest BCUT2D eigenvalue weighted by Crippen LogP contribution is -2.41. The normalized spacial score (nSPS) is 20.1. The lowest BCUT2D eigenvalue weighted by atomic mass is 9.78. The minimum atomic E-state index is -0.529. The van der Waals surface area contributed by atoms with Crippen molar-refractivity contribution in [3.05, 3.63) is 59.4 Å². The number of ether oxygens (including phenoxy) is 3. The molecule has 7 heteroatoms. The van der Waals surface area contributed by atoms with Gasteiger partial charge in [0.15, 0.2) is 0 Å². The molecule has 0 saturated heterocycles. The van der Waals surface area contributed by atoms with Gasteiger partial charge in [-0.2, -0.15) is 0 Å². The number of hydrogen-bond donors (Lipinski definition) is 0. The molecular formula is C27H37FN2O4. The van der Waals surface area contributed by atoms with Crippen LogP contribution in [0.5, 0.6) is 5.75 Å². The Hall–Kier alpha value is -2.64. The van der Waals surface area contributed by atoms with E-state index in [2.05, 4.69) is 0 Å². The van der Waals surface area contributed by atoms with Crippen molar-refractivity contribution in [1.29, 1.82) is 0 Å². The molecule has 0 aromatic heterocycles. The number of methoxy groups -OCH3 is 2. The first-order valence-corrected chi connectivity index (χ1v) is 12.0. The highest BCUT2D eigenvalue weighted by Crippen LogP contribution is 2.42. The molecule has 0 atom stereocenters. The average Bonchev–Trinajstić information content (AvgIpc) is 2.87. The molecule has 1 aliphatic carbocycles. The fourth-order valence-corrected chi connectivity index (χ4v) is 4.61. The van der Waals surface area contributed by atoms with Gasteiger partial charge in [0, 0.05) is 46.1 Å². The Morgan fingerprint density at radius 2 is 1.71 bits per heavy atom. The van der Waals surface area contributed by atoms with Gasteiger partial charge in [-0.25, -0.2) is 9.18 Å². The summed E-state index contributed by atoms with van der Waals surface area (Å²) in [7, 11) is 5.18. The molecule has 0 heterocycles. The molecular weight excluding hydrogens is 435 g/mol. The third kappa shape index (κ3) is 5.88. The van der Waals surface area contributed by atoms with Crippen LogP contribution < -0.4 is 9.64 Å². The predicted molar refractivity (Wildman–Crippen MR) is 132 cm³/mol. The number of nitrogens with zero attached hydrogens (tertiary/aromatic N) is 2. The molecule has 2 amide bonds. The number of hydrogen-bond acceptors (Lipinski definition) is 4. The summed E-state index contributed by atoms with van der Waals surface area (Å²) < 4.78 is 31.8. The van der Waals surface area contributed by atoms with Gasteiger partial charge in [-0.3, -0.25) is 4.90 Å². The molecule has 0 spiro atoms. The van der Waals surface area contributed by atoms with E-state index in [0.29, 0.717) is 25.4 Å². The first kappa shape index (κ1) is 26.0. The lowest BCUT2D eigenvalue weighted by Gasteiger charge is -2.39. The second kappa shape index (κ2) is 11.7. The summed E-state index contributed by atoms with van der Waals surface area (Å²) in [5.41, 5.74) is 2.01. The topological polar surface area (TPSA) is 51.2 Å². The first-order chi connectivity index (χ1) is 16.4. The van der Waals surface area contributed by atoms with E-state index in [1.807, 2.05) is 44.2 Å². The van der Waals surface area contributed by atoms with Gasteiger partial charge < -0.3 is 19.1 Å². The summed E-state index contributed by atoms with van der Waals surface area (Å²) >= 11 is 0. The van der Waals surface area contributed by atoms with Gasteiger partial charge >= 0.3 is 6.03 Å². The molecule has 0 radical (unpaired) electrons. The van der Waals surface area contributed by atoms with Gasteiger partial charge in [0.05, 0.1) is 11.7 Å². The van der Waals surface area contributed by atoms with Gasteiger partial charge in [-0.1, -0.05) is 12.1 Å². The quantitative estimate of drug-likeness (QED) is 0.467. The van der Waals surface area contributed by atoms with Gasteiger partial charge in [-0.15, -0.1) is 0 Å². The molecule has 0 aliphatic heterocycles. The number of carbonyl (C=O) groups excluding carboxylic acids is 1. The van der Waals surface area contributed by atoms with Gasteiger partial charge in [0.2, 0.25) is 0 Å². The molecule has 34 heavy (non-hydrogen) atoms. The van der Waals surface area contributed by atoms with Crippen LogP contribution in [0, 0.1) is 5.82 Å². The predicted octanol–water partition coefficient (Wildman–Crippen LogP) is 5.73. The maximum absolute atomic E-state index is 14.5. The van der Waals surface area contributed by atoms with Crippen molar-refractivity contribution in [1.82, 2.24) is 4.90 Å². The minimum absolute atomic E-state index is 0.0344. The summed E-state index contributed by atoms with van der Waals surface area (Å²) in [4.78, 5) is 16.0. The van der Waals surface area contributed by atoms with Crippen molar-refractivity contribution in [3.8, 4) is 5.75 Å². The summed E-state index contributed by atoms with van der Waals surface area (Å²) in [6.07, 6.45) is 3.50. The molecule has 6 nitrogen and oxygen atoms in total. The third-order valence-corrected chi connectivity index (χ3v) is 6.91. The second-order valence-corrected chi connectivity index (χ2v) is 8.78. The van der Waals surface area contributed by atoms with Crippen LogP contribution in [0.4, 0.5) is 14.9 Å². The molecule has 2 aromatic rings. The van der Waals surface area contributed by atoms with Crippen molar-refractivity contribution in [3.63, 3.8) is 0 Å². The van der Waals surface area contributed by atoms with Crippen LogP contribution in [0.25, 0.3) is 0 Å². The van der Waals surface area contributed by atoms with Crippen LogP contribution in [0.1, 0.15) is 50.7 Å². The van der Waals surface area contributed by atoms with Crippen LogP contribution in [-0.4, -0.2) is 51.4 Å². The Balaban J connectivity index is 1.68. The number of halogens is 1. The monoisotopic (exact) mass is 472 g/mol. The summed E-state index contributed by atoms with van der Waals surface area (Å²) in [5, 5.41) is 0. The lowest BCUT2D eigenvalue weighted by molar-refractivity contribution is -0.0764. The SMILES string of the molecule is CCN(CC)C(=O)N(C)c1ccc(COc2cc(F)cc(C3(OC)CCC(OC)CC3)c2)cc1. The Kier molecular flexibility index (Phi) is 8.91. The van der Waals surface area contributed by atoms with Crippen molar-refractivity contribution in [2.75, 3.05) is 39.3 Å². The zero-order chi connectivity index (χ0) is 24.7. The second-order valence-electron chi connectivity index (χ2n) is 8.78. The zero-order valence-corrected chi connectivity index (χ0v) is 21.0. The van der Waals surface area contributed by atoms with Crippen LogP contribution in [-0.2, 0) is 21.7 Å². The van der Waals surface area contributed by atoms with Crippen LogP contribution in [0.2, 0.25) is 0 Å². The summed E-state index contributed by atoms with van der Waals surface area (Å²) in [6.45, 7) is 5.55. The van der Waals surface area contributed by atoms with E-state index in [4.69, 9.17) is 14.2 Å². The van der Waals surface area contributed by atoms with E-state index in [1.165, 1.54) is 6.07 Å². The molecule has 2 aromatic carbocycles. The number of urea groups is 1. The van der Waals surface area contributed by atoms with Gasteiger partial charge in [0.1, 0.15) is 18.2 Å². The molecule has 0 unspecified atom stereocenters. The van der Waals surface area contributed by atoms with E-state index in [0.717, 1.165) is 42.5 Å². The number of carbonyl (C=O) groups is 1. The third-order valence-electron chi connectivity index (χ3n) is 6.91. The van der Waals surface area contributed by atoms with Crippen LogP contribution in [0.3, 0.4) is 0 Å². The van der Waals surface area contributed by atoms with Crippen molar-refractivity contribution in [2.45, 2.75) is 57.8 Å². The maximum atomic E-state index is 14.5. The Bertz CT molecular complexity index is 938. The minimum Gasteiger partial charge on any atom is -0.489 e. The van der Waals surface area contributed by atoms with Crippen molar-refractivity contribution in [2.24, 2.45) is 0 Å². The van der Waals surface area contributed by atoms with Crippen molar-refractivity contribution < 1.29 is 23.4 Å². The average molecular weight is 473 g/mol. The van der Waals surface area contributed by atoms with E-state index in [1.54, 1.807) is 37.1 Å². The number of amides is 2. The van der Waals surface area contributed by atoms with Gasteiger partial charge in [-0.05, 0) is 74.9 Å². The van der Waals surface area contributed by atoms with E-state index < -0.39 is 5.60 Å². The Morgan fingerprint density at radius 1 is 1.06 bits per heavy atom. The largest absolute Gasteiger partial charge is 0.489 e. The van der Waals surface area contributed by atoms with E-state index in [9.17, 15) is 9.18 Å². The standard InChI is InChI=1S/C27H37FN2O4/c1-6-30(7-2)26(31)29(3)23-10-8-20(9-11-23)19-34-25-17-21(16-22(28)18-25)27(33-5)14-12-24(32-4)13-15-27/h8-11,16-18,24H,6-7,12-15,19H2,1-5H3. The van der Waals surface area contributed by atoms with Crippen molar-refractivity contribution >= 4 is 11.7 Å². The summed E-state index contributed by atoms with van der Waals surface area (Å²) in [5.74, 6) is 0.128. The first-order valence-electron chi connectivity index (χ1n) is 12.0. The fourth-order valence-electron chi connectivity index (χ4n) is 4.61. The summed E-state index contributed by atoms with van der Waals surface area (Å²) in [6, 6.07) is 12.4. The molecule has 0 bridgehead atoms. The number of rotatable bonds is 9. The maximum Gasteiger partial charge on any atom is 0.324 e. The Morgan fingerprint density at radius 3 is 2.26 bits per heavy atom. The zero-order valence-electron chi connectivity index (χ0n) is 21.0. The molecule has 3 rings (SSSR count). The molecule has 1 fully saturated rings. The highest BCUT2D eigenvalue weighted by molar-refractivity contribution is 5.91. The van der Waals surface area contributed by atoms with Gasteiger partial charge in [0.25, 0.3) is 0 Å². The van der Waals surface area contributed by atoms with E-state index in [-0.39, 0.29) is 18.0 Å². The fraction of sp³-hybridized carbons (Fsp3) is 0.519. The number of anilines is 1. The highest BCUT2D eigenvalue weighted by Gasteiger charge is 2.37. The van der Waals surface area contributed by atoms with Crippen LogP contribution >= 0.6 is 0 Å². The molecule has 1 aliphatic rings.